The third kappa shape index (κ3) is 4.02. The summed E-state index contributed by atoms with van der Waals surface area (Å²) in [5.41, 5.74) is 0.831. The molecule has 3 heteroatoms. The topological polar surface area (TPSA) is 57.5 Å². The first-order valence-corrected chi connectivity index (χ1v) is 12.6. The highest BCUT2D eigenvalue weighted by atomic mass is 16.4. The minimum atomic E-state index is -0.640. The van der Waals surface area contributed by atoms with Gasteiger partial charge in [0, 0.05) is 6.42 Å². The number of carbonyl (C=O) groups is 1. The van der Waals surface area contributed by atoms with Crippen molar-refractivity contribution >= 4 is 5.97 Å². The summed E-state index contributed by atoms with van der Waals surface area (Å²) in [6.45, 7) is 7.47. The van der Waals surface area contributed by atoms with E-state index in [4.69, 9.17) is 5.11 Å². The maximum absolute atomic E-state index is 11.1. The fraction of sp³-hybridized carbons (Fsp3) is 0.962. The fourth-order valence-corrected chi connectivity index (χ4v) is 8.92. The molecule has 0 aliphatic heterocycles. The van der Waals surface area contributed by atoms with Gasteiger partial charge in [0.05, 0.1) is 6.10 Å². The second-order valence-corrected chi connectivity index (χ2v) is 12.1. The molecule has 166 valence electrons. The summed E-state index contributed by atoms with van der Waals surface area (Å²) < 4.78 is 0. The molecular weight excluding hydrogens is 360 g/mol. The van der Waals surface area contributed by atoms with Gasteiger partial charge in [-0.2, -0.15) is 0 Å². The van der Waals surface area contributed by atoms with Crippen LogP contribution in [0.15, 0.2) is 0 Å². The summed E-state index contributed by atoms with van der Waals surface area (Å²) in [7, 11) is 0. The summed E-state index contributed by atoms with van der Waals surface area (Å²) in [6, 6.07) is 0. The second-order valence-electron chi connectivity index (χ2n) is 12.1. The highest BCUT2D eigenvalue weighted by molar-refractivity contribution is 5.66. The quantitative estimate of drug-likeness (QED) is 0.579. The molecule has 3 nitrogen and oxygen atoms in total. The monoisotopic (exact) mass is 404 g/mol. The van der Waals surface area contributed by atoms with Crippen molar-refractivity contribution in [1.82, 2.24) is 0 Å². The van der Waals surface area contributed by atoms with Gasteiger partial charge < -0.3 is 10.2 Å². The Morgan fingerprint density at radius 2 is 1.72 bits per heavy atom. The van der Waals surface area contributed by atoms with Gasteiger partial charge in [-0.1, -0.05) is 27.2 Å². The molecule has 0 radical (unpaired) electrons. The molecule has 0 amide bonds. The van der Waals surface area contributed by atoms with Crippen molar-refractivity contribution in [3.63, 3.8) is 0 Å². The number of hydrogen-bond donors (Lipinski definition) is 2. The van der Waals surface area contributed by atoms with Crippen LogP contribution in [0, 0.1) is 46.3 Å². The Bertz CT molecular complexity index is 599. The number of aliphatic carboxylic acids is 1. The summed E-state index contributed by atoms with van der Waals surface area (Å²) in [5, 5.41) is 19.7. The molecule has 0 heterocycles. The van der Waals surface area contributed by atoms with E-state index in [9.17, 15) is 9.90 Å². The molecule has 0 aromatic heterocycles. The van der Waals surface area contributed by atoms with Gasteiger partial charge in [-0.25, -0.2) is 0 Å². The Kier molecular flexibility index (Phi) is 6.10. The Hall–Kier alpha value is -0.570. The molecule has 4 fully saturated rings. The van der Waals surface area contributed by atoms with Crippen LogP contribution in [0.4, 0.5) is 0 Å². The predicted molar refractivity (Wildman–Crippen MR) is 116 cm³/mol. The molecule has 4 aliphatic rings. The van der Waals surface area contributed by atoms with E-state index in [1.807, 2.05) is 0 Å². The van der Waals surface area contributed by atoms with E-state index in [0.717, 1.165) is 42.9 Å². The van der Waals surface area contributed by atoms with E-state index in [1.54, 1.807) is 0 Å². The first-order valence-electron chi connectivity index (χ1n) is 12.6. The fourth-order valence-electron chi connectivity index (χ4n) is 8.92. The summed E-state index contributed by atoms with van der Waals surface area (Å²) in [6.07, 6.45) is 15.1. The number of fused-ring (bicyclic) bond motifs is 7. The number of aliphatic hydroxyl groups excluding tert-OH is 1. The van der Waals surface area contributed by atoms with E-state index in [-0.39, 0.29) is 6.10 Å². The first-order chi connectivity index (χ1) is 13.7. The van der Waals surface area contributed by atoms with Crippen LogP contribution >= 0.6 is 0 Å². The minimum Gasteiger partial charge on any atom is -0.481 e. The van der Waals surface area contributed by atoms with Crippen molar-refractivity contribution in [2.45, 2.75) is 110 Å². The zero-order chi connectivity index (χ0) is 20.8. The molecule has 29 heavy (non-hydrogen) atoms. The molecule has 4 saturated carbocycles. The third-order valence-corrected chi connectivity index (χ3v) is 10.6. The lowest BCUT2D eigenvalue weighted by molar-refractivity contribution is -0.137. The Balaban J connectivity index is 1.55. The van der Waals surface area contributed by atoms with Crippen LogP contribution in [-0.4, -0.2) is 22.3 Å². The second kappa shape index (κ2) is 8.17. The Morgan fingerprint density at radius 3 is 2.48 bits per heavy atom. The van der Waals surface area contributed by atoms with Gasteiger partial charge in [-0.05, 0) is 117 Å². The predicted octanol–water partition coefficient (Wildman–Crippen LogP) is 6.29. The smallest absolute Gasteiger partial charge is 0.303 e. The molecule has 7 unspecified atom stereocenters. The van der Waals surface area contributed by atoms with Crippen molar-refractivity contribution in [2.75, 3.05) is 0 Å². The average Bonchev–Trinajstić information content (AvgIpc) is 3.01. The zero-order valence-electron chi connectivity index (χ0n) is 19.0. The van der Waals surface area contributed by atoms with Crippen molar-refractivity contribution in [3.05, 3.63) is 0 Å². The van der Waals surface area contributed by atoms with Gasteiger partial charge in [0.1, 0.15) is 0 Å². The SMILES string of the molecule is C[C@H](CCC(=O)O)C1CCC2C3CCC4CCC(C)(CC[C@@H](O)C4)C3CCC21C. The summed E-state index contributed by atoms with van der Waals surface area (Å²) in [5.74, 6) is 3.84. The van der Waals surface area contributed by atoms with Crippen molar-refractivity contribution in [1.29, 1.82) is 0 Å². The average molecular weight is 405 g/mol. The highest BCUT2D eigenvalue weighted by Gasteiger charge is 2.57. The lowest BCUT2D eigenvalue weighted by Crippen LogP contribution is -2.49. The van der Waals surface area contributed by atoms with Crippen LogP contribution in [-0.2, 0) is 4.79 Å². The van der Waals surface area contributed by atoms with Crippen molar-refractivity contribution in [2.24, 2.45) is 46.3 Å². The van der Waals surface area contributed by atoms with Crippen LogP contribution in [0.2, 0.25) is 0 Å². The van der Waals surface area contributed by atoms with Gasteiger partial charge in [0.15, 0.2) is 0 Å². The summed E-state index contributed by atoms with van der Waals surface area (Å²) in [4.78, 5) is 11.1. The third-order valence-electron chi connectivity index (χ3n) is 10.6. The maximum atomic E-state index is 11.1. The van der Waals surface area contributed by atoms with Gasteiger partial charge in [0.2, 0.25) is 0 Å². The molecule has 4 rings (SSSR count). The van der Waals surface area contributed by atoms with E-state index >= 15 is 0 Å². The lowest BCUT2D eigenvalue weighted by atomic mass is 9.48. The molecule has 2 N–H and O–H groups in total. The van der Waals surface area contributed by atoms with Crippen LogP contribution < -0.4 is 0 Å². The van der Waals surface area contributed by atoms with Crippen molar-refractivity contribution in [3.8, 4) is 0 Å². The molecule has 0 aromatic carbocycles. The van der Waals surface area contributed by atoms with Gasteiger partial charge in [0.25, 0.3) is 0 Å². The molecule has 4 aliphatic carbocycles. The lowest BCUT2D eigenvalue weighted by Gasteiger charge is -2.56. The van der Waals surface area contributed by atoms with E-state index in [2.05, 4.69) is 20.8 Å². The number of carboxylic acids is 1. The Morgan fingerprint density at radius 1 is 0.966 bits per heavy atom. The van der Waals surface area contributed by atoms with Crippen LogP contribution in [0.5, 0.6) is 0 Å². The standard InChI is InChI=1S/C26H44O3/c1-17(4-9-24(28)29)21-7-8-23-20-6-5-18-10-13-25(2,14-11-19(27)16-18)22(20)12-15-26(21,23)3/h17-23,27H,4-16H2,1-3H3,(H,28,29)/t17-,18?,19-,20?,21?,22?,23?,25?,26?/m1/s1. The largest absolute Gasteiger partial charge is 0.481 e. The van der Waals surface area contributed by atoms with Gasteiger partial charge in [-0.15, -0.1) is 0 Å². The minimum absolute atomic E-state index is 0.0732. The van der Waals surface area contributed by atoms with Crippen LogP contribution in [0.25, 0.3) is 0 Å². The first kappa shape index (κ1) is 21.7. The molecule has 0 saturated heterocycles. The van der Waals surface area contributed by atoms with E-state index in [0.29, 0.717) is 29.1 Å². The van der Waals surface area contributed by atoms with Gasteiger partial charge >= 0.3 is 5.97 Å². The molecular formula is C26H44O3. The van der Waals surface area contributed by atoms with E-state index < -0.39 is 5.97 Å². The van der Waals surface area contributed by atoms with Crippen molar-refractivity contribution < 1.29 is 15.0 Å². The molecule has 2 bridgehead atoms. The number of carboxylic acid groups (broad SMARTS) is 1. The van der Waals surface area contributed by atoms with Gasteiger partial charge in [-0.3, -0.25) is 4.79 Å². The number of rotatable bonds is 4. The Labute approximate surface area is 178 Å². The zero-order valence-corrected chi connectivity index (χ0v) is 19.0. The summed E-state index contributed by atoms with van der Waals surface area (Å²) >= 11 is 0. The molecule has 0 spiro atoms. The maximum Gasteiger partial charge on any atom is 0.303 e. The van der Waals surface area contributed by atoms with E-state index in [1.165, 1.54) is 57.8 Å². The molecule has 9 atom stereocenters. The van der Waals surface area contributed by atoms with Crippen LogP contribution in [0.3, 0.4) is 0 Å². The number of hydrogen-bond acceptors (Lipinski definition) is 2. The number of aliphatic hydroxyl groups is 1. The highest BCUT2D eigenvalue weighted by Crippen LogP contribution is 2.66. The molecule has 0 aromatic rings. The normalized spacial score (nSPS) is 48.6. The van der Waals surface area contributed by atoms with Crippen LogP contribution in [0.1, 0.15) is 104 Å².